The van der Waals surface area contributed by atoms with E-state index in [4.69, 9.17) is 9.84 Å². The predicted octanol–water partition coefficient (Wildman–Crippen LogP) is 7.46. The number of esters is 1. The van der Waals surface area contributed by atoms with Gasteiger partial charge in [0.25, 0.3) is 0 Å². The summed E-state index contributed by atoms with van der Waals surface area (Å²) in [7, 11) is 0. The van der Waals surface area contributed by atoms with Crippen LogP contribution in [0.15, 0.2) is 12.2 Å². The standard InChI is InChI=1S/C25H46O4/c1-3-5-6-7-8-9-10-11-12-13-14-15-16-17-18-19-20-23(22-24(26)27)25(28)29-21-4-2/h7-8,23H,3-6,9-22H2,1-2H3,(H,26,27)/b8-7+. The monoisotopic (exact) mass is 410 g/mol. The van der Waals surface area contributed by atoms with E-state index in [1.165, 1.54) is 77.0 Å². The van der Waals surface area contributed by atoms with Crippen LogP contribution in [0.4, 0.5) is 0 Å². The minimum atomic E-state index is -0.920. The Hall–Kier alpha value is -1.32. The Morgan fingerprint density at radius 2 is 1.28 bits per heavy atom. The molecule has 4 heteroatoms. The molecular formula is C25H46O4. The van der Waals surface area contributed by atoms with Gasteiger partial charge in [-0.15, -0.1) is 0 Å². The van der Waals surface area contributed by atoms with Crippen molar-refractivity contribution in [2.75, 3.05) is 6.61 Å². The highest BCUT2D eigenvalue weighted by Crippen LogP contribution is 2.18. The van der Waals surface area contributed by atoms with Crippen molar-refractivity contribution in [3.8, 4) is 0 Å². The van der Waals surface area contributed by atoms with Gasteiger partial charge in [0.1, 0.15) is 0 Å². The molecule has 0 heterocycles. The zero-order valence-electron chi connectivity index (χ0n) is 19.1. The molecule has 1 atom stereocenters. The van der Waals surface area contributed by atoms with Crippen LogP contribution in [-0.2, 0) is 14.3 Å². The van der Waals surface area contributed by atoms with Crippen LogP contribution in [0.2, 0.25) is 0 Å². The summed E-state index contributed by atoms with van der Waals surface area (Å²) in [5.74, 6) is -1.75. The van der Waals surface area contributed by atoms with Gasteiger partial charge in [-0.3, -0.25) is 9.59 Å². The molecular weight excluding hydrogens is 364 g/mol. The van der Waals surface area contributed by atoms with Gasteiger partial charge in [-0.1, -0.05) is 96.6 Å². The van der Waals surface area contributed by atoms with Gasteiger partial charge in [0.05, 0.1) is 18.9 Å². The maximum Gasteiger partial charge on any atom is 0.309 e. The molecule has 0 saturated carbocycles. The Morgan fingerprint density at radius 3 is 1.79 bits per heavy atom. The van der Waals surface area contributed by atoms with Crippen LogP contribution in [0.25, 0.3) is 0 Å². The smallest absolute Gasteiger partial charge is 0.309 e. The highest BCUT2D eigenvalue weighted by atomic mass is 16.5. The first-order valence-electron chi connectivity index (χ1n) is 12.1. The summed E-state index contributed by atoms with van der Waals surface area (Å²) < 4.78 is 5.13. The van der Waals surface area contributed by atoms with Crippen molar-refractivity contribution in [3.05, 3.63) is 12.2 Å². The lowest BCUT2D eigenvalue weighted by Gasteiger charge is -2.13. The number of hydrogen-bond donors (Lipinski definition) is 1. The molecule has 0 spiro atoms. The molecule has 0 bridgehead atoms. The number of rotatable bonds is 21. The molecule has 0 aromatic heterocycles. The molecule has 0 amide bonds. The van der Waals surface area contributed by atoms with Crippen LogP contribution < -0.4 is 0 Å². The van der Waals surface area contributed by atoms with Gasteiger partial charge < -0.3 is 9.84 Å². The normalized spacial score (nSPS) is 12.3. The van der Waals surface area contributed by atoms with Crippen LogP contribution >= 0.6 is 0 Å². The molecule has 0 aromatic carbocycles. The van der Waals surface area contributed by atoms with Crippen molar-refractivity contribution in [2.45, 2.75) is 123 Å². The zero-order valence-corrected chi connectivity index (χ0v) is 19.1. The zero-order chi connectivity index (χ0) is 21.6. The number of carboxylic acids is 1. The van der Waals surface area contributed by atoms with Gasteiger partial charge in [0.2, 0.25) is 0 Å². The first-order valence-corrected chi connectivity index (χ1v) is 12.1. The number of ether oxygens (including phenoxy) is 1. The molecule has 0 aliphatic heterocycles. The summed E-state index contributed by atoms with van der Waals surface area (Å²) in [5.41, 5.74) is 0. The van der Waals surface area contributed by atoms with E-state index in [-0.39, 0.29) is 12.4 Å². The minimum Gasteiger partial charge on any atom is -0.481 e. The third-order valence-corrected chi connectivity index (χ3v) is 5.27. The number of hydrogen-bond acceptors (Lipinski definition) is 3. The second-order valence-corrected chi connectivity index (χ2v) is 8.19. The van der Waals surface area contributed by atoms with Gasteiger partial charge in [-0.2, -0.15) is 0 Å². The van der Waals surface area contributed by atoms with E-state index >= 15 is 0 Å². The minimum absolute atomic E-state index is 0.114. The number of unbranched alkanes of at least 4 members (excludes halogenated alkanes) is 12. The van der Waals surface area contributed by atoms with E-state index in [0.29, 0.717) is 13.0 Å². The van der Waals surface area contributed by atoms with Gasteiger partial charge in [-0.25, -0.2) is 0 Å². The fraction of sp³-hybridized carbons (Fsp3) is 0.840. The van der Waals surface area contributed by atoms with E-state index in [2.05, 4.69) is 19.1 Å². The lowest BCUT2D eigenvalue weighted by molar-refractivity contribution is -0.153. The second-order valence-electron chi connectivity index (χ2n) is 8.19. The molecule has 0 aromatic rings. The van der Waals surface area contributed by atoms with Crippen molar-refractivity contribution < 1.29 is 19.4 Å². The number of carbonyl (C=O) groups is 2. The van der Waals surface area contributed by atoms with Crippen molar-refractivity contribution in [1.29, 1.82) is 0 Å². The summed E-state index contributed by atoms with van der Waals surface area (Å²) in [6.07, 6.45) is 23.4. The Kier molecular flexibility index (Phi) is 20.4. The summed E-state index contributed by atoms with van der Waals surface area (Å²) in [6, 6.07) is 0. The van der Waals surface area contributed by atoms with Crippen LogP contribution in [0.3, 0.4) is 0 Å². The molecule has 0 saturated heterocycles. The topological polar surface area (TPSA) is 63.6 Å². The lowest BCUT2D eigenvalue weighted by atomic mass is 9.97. The van der Waals surface area contributed by atoms with Crippen LogP contribution in [0.1, 0.15) is 123 Å². The Morgan fingerprint density at radius 1 is 0.759 bits per heavy atom. The van der Waals surface area contributed by atoms with Crippen LogP contribution in [0.5, 0.6) is 0 Å². The molecule has 4 nitrogen and oxygen atoms in total. The Labute approximate surface area is 179 Å². The van der Waals surface area contributed by atoms with Gasteiger partial charge in [0.15, 0.2) is 0 Å². The van der Waals surface area contributed by atoms with E-state index < -0.39 is 11.9 Å². The van der Waals surface area contributed by atoms with Gasteiger partial charge >= 0.3 is 11.9 Å². The maximum atomic E-state index is 11.9. The van der Waals surface area contributed by atoms with Gasteiger partial charge in [0, 0.05) is 0 Å². The fourth-order valence-corrected chi connectivity index (χ4v) is 3.46. The average molecular weight is 411 g/mol. The molecule has 29 heavy (non-hydrogen) atoms. The van der Waals surface area contributed by atoms with Crippen molar-refractivity contribution in [2.24, 2.45) is 5.92 Å². The molecule has 170 valence electrons. The van der Waals surface area contributed by atoms with Crippen molar-refractivity contribution in [3.63, 3.8) is 0 Å². The molecule has 0 fully saturated rings. The number of carboxylic acid groups (broad SMARTS) is 1. The molecule has 0 aliphatic rings. The van der Waals surface area contributed by atoms with Gasteiger partial charge in [-0.05, 0) is 32.1 Å². The van der Waals surface area contributed by atoms with E-state index in [0.717, 1.165) is 19.3 Å². The Balaban J connectivity index is 3.53. The highest BCUT2D eigenvalue weighted by Gasteiger charge is 2.22. The first kappa shape index (κ1) is 27.7. The van der Waals surface area contributed by atoms with Crippen LogP contribution in [-0.4, -0.2) is 23.7 Å². The SMILES string of the molecule is CCCC/C=C/CCCCCCCCCCCCC(CC(=O)O)C(=O)OCCC. The molecule has 1 unspecified atom stereocenters. The van der Waals surface area contributed by atoms with E-state index in [1.54, 1.807) is 0 Å². The number of aliphatic carboxylic acids is 1. The van der Waals surface area contributed by atoms with Crippen LogP contribution in [0, 0.1) is 5.92 Å². The van der Waals surface area contributed by atoms with E-state index in [9.17, 15) is 9.59 Å². The quantitative estimate of drug-likeness (QED) is 0.121. The second kappa shape index (κ2) is 21.4. The summed E-state index contributed by atoms with van der Waals surface area (Å²) in [4.78, 5) is 22.9. The lowest BCUT2D eigenvalue weighted by Crippen LogP contribution is -2.21. The fourth-order valence-electron chi connectivity index (χ4n) is 3.46. The van der Waals surface area contributed by atoms with E-state index in [1.807, 2.05) is 6.92 Å². The largest absolute Gasteiger partial charge is 0.481 e. The number of carbonyl (C=O) groups excluding carboxylic acids is 1. The third-order valence-electron chi connectivity index (χ3n) is 5.27. The molecule has 0 aliphatic carbocycles. The first-order chi connectivity index (χ1) is 14.1. The molecule has 0 rings (SSSR count). The predicted molar refractivity (Wildman–Crippen MR) is 121 cm³/mol. The molecule has 0 radical (unpaired) electrons. The summed E-state index contributed by atoms with van der Waals surface area (Å²) >= 11 is 0. The van der Waals surface area contributed by atoms with Crippen molar-refractivity contribution >= 4 is 11.9 Å². The van der Waals surface area contributed by atoms with Crippen molar-refractivity contribution in [1.82, 2.24) is 0 Å². The summed E-state index contributed by atoms with van der Waals surface area (Å²) in [5, 5.41) is 8.98. The molecule has 1 N–H and O–H groups in total. The Bertz CT molecular complexity index is 417. The highest BCUT2D eigenvalue weighted by molar-refractivity contribution is 5.79. The third kappa shape index (κ3) is 19.8. The summed E-state index contributed by atoms with van der Waals surface area (Å²) in [6.45, 7) is 4.55. The number of allylic oxidation sites excluding steroid dienone is 2. The average Bonchev–Trinajstić information content (AvgIpc) is 2.70. The maximum absolute atomic E-state index is 11.9.